The van der Waals surface area contributed by atoms with Crippen molar-refractivity contribution in [2.45, 2.75) is 44.6 Å². The summed E-state index contributed by atoms with van der Waals surface area (Å²) in [7, 11) is 1.71. The minimum absolute atomic E-state index is 0.130. The molecule has 1 aliphatic heterocycles. The van der Waals surface area contributed by atoms with Crippen LogP contribution in [0.25, 0.3) is 0 Å². The molecule has 118 valence electrons. The maximum atomic E-state index is 12.6. The summed E-state index contributed by atoms with van der Waals surface area (Å²) in [4.78, 5) is 14.7. The van der Waals surface area contributed by atoms with Crippen LogP contribution >= 0.6 is 11.5 Å². The van der Waals surface area contributed by atoms with E-state index < -0.39 is 5.60 Å². The van der Waals surface area contributed by atoms with Gasteiger partial charge in [-0.05, 0) is 11.5 Å². The second-order valence-electron chi connectivity index (χ2n) is 6.70. The fourth-order valence-electron chi connectivity index (χ4n) is 2.42. The zero-order valence-corrected chi connectivity index (χ0v) is 13.9. The lowest BCUT2D eigenvalue weighted by atomic mass is 9.91. The maximum absolute atomic E-state index is 12.6. The minimum Gasteiger partial charge on any atom is -0.388 e. The summed E-state index contributed by atoms with van der Waals surface area (Å²) in [5.41, 5.74) is -0.375. The van der Waals surface area contributed by atoms with Gasteiger partial charge in [-0.3, -0.25) is 4.79 Å². The third-order valence-corrected chi connectivity index (χ3v) is 4.41. The summed E-state index contributed by atoms with van der Waals surface area (Å²) in [6.45, 7) is 7.39. The minimum atomic E-state index is -0.858. The van der Waals surface area contributed by atoms with E-state index in [0.717, 1.165) is 11.5 Å². The van der Waals surface area contributed by atoms with Crippen molar-refractivity contribution >= 4 is 17.4 Å². The zero-order chi connectivity index (χ0) is 15.7. The van der Waals surface area contributed by atoms with Gasteiger partial charge in [-0.2, -0.15) is 0 Å². The van der Waals surface area contributed by atoms with Crippen molar-refractivity contribution in [2.24, 2.45) is 0 Å². The third kappa shape index (κ3) is 3.78. The summed E-state index contributed by atoms with van der Waals surface area (Å²) in [6, 6.07) is 0. The second kappa shape index (κ2) is 5.98. The van der Waals surface area contributed by atoms with Crippen LogP contribution in [0.4, 0.5) is 0 Å². The lowest BCUT2D eigenvalue weighted by Crippen LogP contribution is -2.47. The first-order chi connectivity index (χ1) is 9.73. The maximum Gasteiger partial charge on any atom is 0.267 e. The fourth-order valence-corrected chi connectivity index (χ4v) is 3.29. The highest BCUT2D eigenvalue weighted by Crippen LogP contribution is 2.28. The van der Waals surface area contributed by atoms with Gasteiger partial charge in [0, 0.05) is 45.1 Å². The van der Waals surface area contributed by atoms with E-state index in [0.29, 0.717) is 43.2 Å². The third-order valence-electron chi connectivity index (χ3n) is 3.69. The van der Waals surface area contributed by atoms with Crippen molar-refractivity contribution in [3.05, 3.63) is 10.6 Å². The molecule has 0 bridgehead atoms. The predicted octanol–water partition coefficient (Wildman–Crippen LogP) is 1.45. The molecule has 1 aliphatic rings. The number of aromatic nitrogens is 2. The standard InChI is InChI=1S/C14H23N3O3S/c1-13(2,3)11-10(21-16-15-11)12(18)17(4)9-14(19)5-7-20-8-6-14/h19H,5-9H2,1-4H3. The molecular weight excluding hydrogens is 290 g/mol. The summed E-state index contributed by atoms with van der Waals surface area (Å²) in [5, 5.41) is 14.6. The number of ether oxygens (including phenoxy) is 1. The zero-order valence-electron chi connectivity index (χ0n) is 13.0. The molecule has 0 radical (unpaired) electrons. The number of aliphatic hydroxyl groups is 1. The average Bonchev–Trinajstić information content (AvgIpc) is 2.87. The van der Waals surface area contributed by atoms with Gasteiger partial charge in [-0.15, -0.1) is 5.10 Å². The normalized spacial score (nSPS) is 18.5. The molecule has 6 nitrogen and oxygen atoms in total. The van der Waals surface area contributed by atoms with E-state index in [4.69, 9.17) is 4.74 Å². The summed E-state index contributed by atoms with van der Waals surface area (Å²) >= 11 is 1.12. The molecule has 0 saturated carbocycles. The Hall–Kier alpha value is -1.05. The lowest BCUT2D eigenvalue weighted by molar-refractivity contribution is -0.0734. The number of carbonyl (C=O) groups excluding carboxylic acids is 1. The van der Waals surface area contributed by atoms with Crippen LogP contribution in [0.1, 0.15) is 49.0 Å². The van der Waals surface area contributed by atoms with E-state index in [1.165, 1.54) is 0 Å². The van der Waals surface area contributed by atoms with Gasteiger partial charge >= 0.3 is 0 Å². The van der Waals surface area contributed by atoms with Gasteiger partial charge < -0.3 is 14.7 Å². The largest absolute Gasteiger partial charge is 0.388 e. The highest BCUT2D eigenvalue weighted by atomic mass is 32.1. The number of rotatable bonds is 3. The number of carbonyl (C=O) groups is 1. The van der Waals surface area contributed by atoms with Gasteiger partial charge in [0.2, 0.25) is 0 Å². The second-order valence-corrected chi connectivity index (χ2v) is 7.45. The molecule has 0 aliphatic carbocycles. The topological polar surface area (TPSA) is 75.6 Å². The summed E-state index contributed by atoms with van der Waals surface area (Å²) in [5.74, 6) is -0.130. The van der Waals surface area contributed by atoms with Gasteiger partial charge in [0.25, 0.3) is 5.91 Å². The smallest absolute Gasteiger partial charge is 0.267 e. The Balaban J connectivity index is 2.11. The van der Waals surface area contributed by atoms with Crippen LogP contribution in [-0.2, 0) is 10.2 Å². The van der Waals surface area contributed by atoms with Crippen LogP contribution in [0.15, 0.2) is 0 Å². The number of amides is 1. The molecule has 0 spiro atoms. The molecule has 1 aromatic rings. The fraction of sp³-hybridized carbons (Fsp3) is 0.786. The van der Waals surface area contributed by atoms with Crippen LogP contribution < -0.4 is 0 Å². The van der Waals surface area contributed by atoms with E-state index >= 15 is 0 Å². The Morgan fingerprint density at radius 2 is 2.05 bits per heavy atom. The molecule has 0 unspecified atom stereocenters. The van der Waals surface area contributed by atoms with Gasteiger partial charge in [-0.1, -0.05) is 25.3 Å². The number of likely N-dealkylation sites (N-methyl/N-ethyl adjacent to an activating group) is 1. The van der Waals surface area contributed by atoms with Gasteiger partial charge in [-0.25, -0.2) is 0 Å². The molecule has 1 aromatic heterocycles. The Morgan fingerprint density at radius 3 is 2.62 bits per heavy atom. The monoisotopic (exact) mass is 313 g/mol. The molecule has 1 N–H and O–H groups in total. The highest BCUT2D eigenvalue weighted by molar-refractivity contribution is 7.08. The van der Waals surface area contributed by atoms with E-state index in [2.05, 4.69) is 9.59 Å². The molecule has 0 atom stereocenters. The Morgan fingerprint density at radius 1 is 1.43 bits per heavy atom. The predicted molar refractivity (Wildman–Crippen MR) is 80.6 cm³/mol. The SMILES string of the molecule is CN(CC1(O)CCOCC1)C(=O)c1snnc1C(C)(C)C. The van der Waals surface area contributed by atoms with Crippen LogP contribution in [0.3, 0.4) is 0 Å². The molecular formula is C14H23N3O3S. The Bertz CT molecular complexity index is 504. The molecule has 2 rings (SSSR count). The number of hydrogen-bond donors (Lipinski definition) is 1. The first kappa shape index (κ1) is 16.3. The molecule has 1 fully saturated rings. The van der Waals surface area contributed by atoms with Crippen molar-refractivity contribution in [3.8, 4) is 0 Å². The first-order valence-corrected chi connectivity index (χ1v) is 7.89. The summed E-state index contributed by atoms with van der Waals surface area (Å²) in [6.07, 6.45) is 1.11. The molecule has 21 heavy (non-hydrogen) atoms. The van der Waals surface area contributed by atoms with E-state index in [-0.39, 0.29) is 11.3 Å². The highest BCUT2D eigenvalue weighted by Gasteiger charge is 2.34. The molecule has 0 aromatic carbocycles. The van der Waals surface area contributed by atoms with E-state index in [1.54, 1.807) is 11.9 Å². The van der Waals surface area contributed by atoms with Crippen molar-refractivity contribution in [2.75, 3.05) is 26.8 Å². The average molecular weight is 313 g/mol. The summed E-state index contributed by atoms with van der Waals surface area (Å²) < 4.78 is 9.18. The van der Waals surface area contributed by atoms with E-state index in [1.807, 2.05) is 20.8 Å². The van der Waals surface area contributed by atoms with Gasteiger partial charge in [0.15, 0.2) is 0 Å². The van der Waals surface area contributed by atoms with Gasteiger partial charge in [0.05, 0.1) is 11.3 Å². The molecule has 1 saturated heterocycles. The van der Waals surface area contributed by atoms with Crippen molar-refractivity contribution in [1.82, 2.24) is 14.5 Å². The van der Waals surface area contributed by atoms with Crippen LogP contribution in [0.2, 0.25) is 0 Å². The lowest BCUT2D eigenvalue weighted by Gasteiger charge is -2.35. The van der Waals surface area contributed by atoms with Crippen LogP contribution in [0.5, 0.6) is 0 Å². The van der Waals surface area contributed by atoms with Gasteiger partial charge in [0.1, 0.15) is 4.88 Å². The Kier molecular flexibility index (Phi) is 4.65. The molecule has 7 heteroatoms. The number of nitrogens with zero attached hydrogens (tertiary/aromatic N) is 3. The quantitative estimate of drug-likeness (QED) is 0.914. The molecule has 1 amide bonds. The van der Waals surface area contributed by atoms with E-state index in [9.17, 15) is 9.90 Å². The Labute approximate surface area is 129 Å². The first-order valence-electron chi connectivity index (χ1n) is 7.11. The van der Waals surface area contributed by atoms with Crippen molar-refractivity contribution < 1.29 is 14.6 Å². The number of hydrogen-bond acceptors (Lipinski definition) is 6. The molecule has 2 heterocycles. The van der Waals surface area contributed by atoms with Crippen molar-refractivity contribution in [3.63, 3.8) is 0 Å². The van der Waals surface area contributed by atoms with Crippen LogP contribution in [-0.4, -0.2) is 57.9 Å². The van der Waals surface area contributed by atoms with Crippen molar-refractivity contribution in [1.29, 1.82) is 0 Å². The van der Waals surface area contributed by atoms with Crippen LogP contribution in [0, 0.1) is 0 Å².